The van der Waals surface area contributed by atoms with Crippen LogP contribution in [0.2, 0.25) is 0 Å². The number of amides is 3. The lowest BCUT2D eigenvalue weighted by Gasteiger charge is -2.35. The Bertz CT molecular complexity index is 859. The lowest BCUT2D eigenvalue weighted by molar-refractivity contribution is -0.136. The van der Waals surface area contributed by atoms with E-state index in [0.29, 0.717) is 0 Å². The van der Waals surface area contributed by atoms with Crippen molar-refractivity contribution >= 4 is 28.2 Å². The van der Waals surface area contributed by atoms with Crippen molar-refractivity contribution < 1.29 is 41.6 Å². The van der Waals surface area contributed by atoms with E-state index < -0.39 is 57.2 Å². The second-order valence-corrected chi connectivity index (χ2v) is 12.0. The van der Waals surface area contributed by atoms with Gasteiger partial charge in [0.2, 0.25) is 5.91 Å². The molecule has 0 spiro atoms. The Labute approximate surface area is 189 Å². The van der Waals surface area contributed by atoms with Crippen molar-refractivity contribution in [1.29, 1.82) is 0 Å². The third kappa shape index (κ3) is 7.04. The van der Waals surface area contributed by atoms with Gasteiger partial charge in [-0.2, -0.15) is 8.42 Å². The fourth-order valence-corrected chi connectivity index (χ4v) is 4.42. The molecule has 0 radical (unpaired) electrons. The largest absolute Gasteiger partial charge is 0.444 e. The maximum absolute atomic E-state index is 12.8. The van der Waals surface area contributed by atoms with Gasteiger partial charge in [-0.25, -0.2) is 14.5 Å². The zero-order valence-corrected chi connectivity index (χ0v) is 20.5. The summed E-state index contributed by atoms with van der Waals surface area (Å²) in [4.78, 5) is 39.9. The highest BCUT2D eigenvalue weighted by molar-refractivity contribution is 7.86. The van der Waals surface area contributed by atoms with Gasteiger partial charge in [-0.3, -0.25) is 13.9 Å². The number of ether oxygens (including phenoxy) is 2. The molecule has 2 aliphatic rings. The topological polar surface area (TPSA) is 140 Å². The monoisotopic (exact) mass is 478 g/mol. The van der Waals surface area contributed by atoms with E-state index in [0.717, 1.165) is 16.1 Å². The molecule has 3 amide bonds. The average Bonchev–Trinajstić information content (AvgIpc) is 3.03. The Morgan fingerprint density at radius 3 is 2.12 bits per heavy atom. The first-order valence-electron chi connectivity index (χ1n) is 10.5. The molecular formula is C20H34N2O9S. The molecule has 0 aromatic heterocycles. The van der Waals surface area contributed by atoms with Crippen LogP contribution >= 0.6 is 0 Å². The zero-order valence-electron chi connectivity index (χ0n) is 19.7. The molecule has 0 aromatic carbocycles. The Balaban J connectivity index is 2.20. The lowest BCUT2D eigenvalue weighted by atomic mass is 9.93. The molecule has 0 aliphatic carbocycles. The number of carbonyl (C=O) groups excluding carboxylic acids is 3. The lowest BCUT2D eigenvalue weighted by Crippen LogP contribution is -2.50. The molecule has 11 nitrogen and oxygen atoms in total. The van der Waals surface area contributed by atoms with Crippen LogP contribution in [0.25, 0.3) is 0 Å². The first-order valence-corrected chi connectivity index (χ1v) is 12.3. The quantitative estimate of drug-likeness (QED) is 0.599. The Kier molecular flexibility index (Phi) is 7.23. The first-order chi connectivity index (χ1) is 14.3. The predicted molar refractivity (Wildman–Crippen MR) is 113 cm³/mol. The molecule has 1 N–H and O–H groups in total. The molecule has 0 aromatic rings. The highest BCUT2D eigenvalue weighted by Gasteiger charge is 2.53. The minimum absolute atomic E-state index is 0.115. The molecule has 32 heavy (non-hydrogen) atoms. The number of hydrogen-bond acceptors (Lipinski definition) is 9. The second kappa shape index (κ2) is 8.79. The van der Waals surface area contributed by atoms with Crippen LogP contribution in [0.1, 0.15) is 60.8 Å². The van der Waals surface area contributed by atoms with E-state index in [4.69, 9.17) is 13.7 Å². The van der Waals surface area contributed by atoms with Crippen molar-refractivity contribution in [2.24, 2.45) is 5.92 Å². The molecule has 2 fully saturated rings. The molecule has 184 valence electrons. The minimum atomic E-state index is -3.84. The molecule has 12 heteroatoms. The van der Waals surface area contributed by atoms with Gasteiger partial charge in [-0.1, -0.05) is 0 Å². The fraction of sp³-hybridized carbons (Fsp3) is 0.850. The maximum Gasteiger partial charge on any atom is 0.417 e. The summed E-state index contributed by atoms with van der Waals surface area (Å²) in [5, 5.41) is 11.3. The van der Waals surface area contributed by atoms with E-state index >= 15 is 0 Å². The van der Waals surface area contributed by atoms with Gasteiger partial charge < -0.3 is 14.6 Å². The maximum atomic E-state index is 12.8. The Morgan fingerprint density at radius 2 is 1.62 bits per heavy atom. The normalized spacial score (nSPS) is 27.1. The van der Waals surface area contributed by atoms with E-state index in [-0.39, 0.29) is 32.4 Å². The van der Waals surface area contributed by atoms with Crippen LogP contribution in [0.5, 0.6) is 0 Å². The smallest absolute Gasteiger partial charge is 0.417 e. The third-order valence-electron chi connectivity index (χ3n) is 4.87. The average molecular weight is 479 g/mol. The summed E-state index contributed by atoms with van der Waals surface area (Å²) in [7, 11) is -3.84. The summed E-state index contributed by atoms with van der Waals surface area (Å²) < 4.78 is 38.8. The predicted octanol–water partition coefficient (Wildman–Crippen LogP) is 1.83. The third-order valence-corrected chi connectivity index (χ3v) is 5.49. The fourth-order valence-electron chi connectivity index (χ4n) is 3.80. The molecule has 2 aliphatic heterocycles. The number of carbonyl (C=O) groups is 3. The number of imide groups is 1. The van der Waals surface area contributed by atoms with Crippen molar-refractivity contribution in [3.8, 4) is 0 Å². The van der Waals surface area contributed by atoms with E-state index in [9.17, 15) is 27.9 Å². The highest BCUT2D eigenvalue weighted by atomic mass is 32.2. The summed E-state index contributed by atoms with van der Waals surface area (Å²) in [6, 6.07) is 0. The van der Waals surface area contributed by atoms with Crippen LogP contribution in [0.15, 0.2) is 0 Å². The van der Waals surface area contributed by atoms with Crippen LogP contribution in [-0.2, 0) is 28.6 Å². The van der Waals surface area contributed by atoms with Gasteiger partial charge >= 0.3 is 12.2 Å². The van der Waals surface area contributed by atoms with Gasteiger partial charge in [0, 0.05) is 25.3 Å². The number of rotatable bonds is 4. The second-order valence-electron chi connectivity index (χ2n) is 10.4. The van der Waals surface area contributed by atoms with E-state index in [2.05, 4.69) is 0 Å². The molecule has 0 bridgehead atoms. The summed E-state index contributed by atoms with van der Waals surface area (Å²) in [5.41, 5.74) is -3.52. The van der Waals surface area contributed by atoms with Crippen molar-refractivity contribution in [3.05, 3.63) is 0 Å². The van der Waals surface area contributed by atoms with Crippen molar-refractivity contribution in [1.82, 2.24) is 9.80 Å². The van der Waals surface area contributed by atoms with Gasteiger partial charge in [0.05, 0.1) is 18.9 Å². The Morgan fingerprint density at radius 1 is 1.09 bits per heavy atom. The molecule has 0 unspecified atom stereocenters. The highest BCUT2D eigenvalue weighted by Crippen LogP contribution is 2.38. The minimum Gasteiger partial charge on any atom is -0.444 e. The van der Waals surface area contributed by atoms with Crippen LogP contribution in [0.4, 0.5) is 9.59 Å². The summed E-state index contributed by atoms with van der Waals surface area (Å²) in [5.74, 6) is -1.29. The molecular weight excluding hydrogens is 444 g/mol. The first kappa shape index (κ1) is 26.3. The number of nitrogens with zero attached hydrogens (tertiary/aromatic N) is 2. The van der Waals surface area contributed by atoms with Crippen molar-refractivity contribution in [2.75, 3.05) is 19.3 Å². The van der Waals surface area contributed by atoms with Crippen LogP contribution < -0.4 is 0 Å². The summed E-state index contributed by atoms with van der Waals surface area (Å²) >= 11 is 0. The zero-order chi connectivity index (χ0) is 24.7. The molecule has 2 heterocycles. The molecule has 3 atom stereocenters. The van der Waals surface area contributed by atoms with Crippen LogP contribution in [0, 0.1) is 5.92 Å². The Hall–Kier alpha value is -1.92. The molecule has 0 saturated carbocycles. The van der Waals surface area contributed by atoms with Crippen LogP contribution in [-0.4, -0.2) is 83.8 Å². The van der Waals surface area contributed by atoms with Crippen molar-refractivity contribution in [2.45, 2.75) is 83.8 Å². The van der Waals surface area contributed by atoms with Crippen molar-refractivity contribution in [3.63, 3.8) is 0 Å². The van der Waals surface area contributed by atoms with Gasteiger partial charge in [0.15, 0.2) is 0 Å². The van der Waals surface area contributed by atoms with Gasteiger partial charge in [-0.05, 0) is 48.0 Å². The van der Waals surface area contributed by atoms with Crippen LogP contribution in [0.3, 0.4) is 0 Å². The van der Waals surface area contributed by atoms with E-state index in [1.165, 1.54) is 0 Å². The van der Waals surface area contributed by atoms with Gasteiger partial charge in [-0.15, -0.1) is 0 Å². The summed E-state index contributed by atoms with van der Waals surface area (Å²) in [6.45, 7) is 9.91. The number of aliphatic hydroxyl groups is 1. The number of likely N-dealkylation sites (tertiary alicyclic amines) is 2. The molecule has 2 saturated heterocycles. The SMILES string of the molecule is CC(C)(C)OC(=O)N1CC[C@@H](C[C@]2(O)C[C@@H](OS(C)(=O)=O)CN2C(=O)OC(C)(C)C)C1=O. The standard InChI is InChI=1S/C20H34N2O9S/c1-18(2,3)29-16(24)21-9-8-13(15(21)23)10-20(26)11-14(31-32(7,27)28)12-22(20)17(25)30-19(4,5)6/h13-14,26H,8-12H2,1-7H3/t13-,14+,20-/m0/s1. The van der Waals surface area contributed by atoms with E-state index in [1.54, 1.807) is 41.5 Å². The summed E-state index contributed by atoms with van der Waals surface area (Å²) in [6.07, 6.45) is -1.91. The number of hydrogen-bond donors (Lipinski definition) is 1. The van der Waals surface area contributed by atoms with E-state index in [1.807, 2.05) is 0 Å². The van der Waals surface area contributed by atoms with Gasteiger partial charge in [0.25, 0.3) is 10.1 Å². The van der Waals surface area contributed by atoms with Gasteiger partial charge in [0.1, 0.15) is 16.9 Å². The molecule has 2 rings (SSSR count).